The number of hydrogen-bond acceptors (Lipinski definition) is 4. The molecule has 1 amide bonds. The molecule has 0 radical (unpaired) electrons. The van der Waals surface area contributed by atoms with Gasteiger partial charge in [-0.1, -0.05) is 78.9 Å². The van der Waals surface area contributed by atoms with Crippen LogP contribution in [-0.4, -0.2) is 20.7 Å². The normalized spacial score (nSPS) is 12.4. The second kappa shape index (κ2) is 8.08. The number of azo groups is 1. The van der Waals surface area contributed by atoms with E-state index in [1.165, 1.54) is 0 Å². The summed E-state index contributed by atoms with van der Waals surface area (Å²) in [5.74, 6) is -0.878. The van der Waals surface area contributed by atoms with Crippen molar-refractivity contribution in [2.75, 3.05) is 0 Å². The molecular formula is C23H19N3O3. The molecule has 1 aromatic heterocycles. The number of benzene rings is 3. The van der Waals surface area contributed by atoms with Gasteiger partial charge in [-0.2, -0.15) is 0 Å². The van der Waals surface area contributed by atoms with Gasteiger partial charge in [0.25, 0.3) is 5.91 Å². The lowest BCUT2D eigenvalue weighted by atomic mass is 10.1. The summed E-state index contributed by atoms with van der Waals surface area (Å²) in [6.45, 7) is 0.448. The minimum atomic E-state index is -1.40. The van der Waals surface area contributed by atoms with Crippen LogP contribution in [0.3, 0.4) is 0 Å². The van der Waals surface area contributed by atoms with Crippen LogP contribution in [0.25, 0.3) is 10.9 Å². The fourth-order valence-corrected chi connectivity index (χ4v) is 3.23. The van der Waals surface area contributed by atoms with E-state index >= 15 is 0 Å². The number of fused-ring (bicyclic) bond motifs is 1. The van der Waals surface area contributed by atoms with Gasteiger partial charge >= 0.3 is 0 Å². The van der Waals surface area contributed by atoms with E-state index in [1.54, 1.807) is 34.9 Å². The lowest BCUT2D eigenvalue weighted by molar-refractivity contribution is -0.126. The Balaban J connectivity index is 1.68. The van der Waals surface area contributed by atoms with Crippen LogP contribution >= 0.6 is 0 Å². The summed E-state index contributed by atoms with van der Waals surface area (Å²) < 4.78 is 1.72. The maximum absolute atomic E-state index is 12.3. The Bertz CT molecular complexity index is 1170. The smallest absolute Gasteiger partial charge is 0.297 e. The molecular weight excluding hydrogens is 366 g/mol. The molecule has 0 saturated carbocycles. The maximum atomic E-state index is 12.3. The molecule has 0 unspecified atom stereocenters. The van der Waals surface area contributed by atoms with Crippen molar-refractivity contribution in [3.63, 3.8) is 0 Å². The molecule has 0 aliphatic rings. The topological polar surface area (TPSA) is 87.2 Å². The molecule has 1 atom stereocenters. The van der Waals surface area contributed by atoms with Crippen LogP contribution in [0.1, 0.15) is 17.2 Å². The van der Waals surface area contributed by atoms with E-state index in [0.29, 0.717) is 17.5 Å². The Kier molecular flexibility index (Phi) is 5.18. The lowest BCUT2D eigenvalue weighted by Gasteiger charge is -2.07. The predicted molar refractivity (Wildman–Crippen MR) is 110 cm³/mol. The van der Waals surface area contributed by atoms with Gasteiger partial charge < -0.3 is 14.8 Å². The van der Waals surface area contributed by atoms with Crippen LogP contribution in [0.5, 0.6) is 5.88 Å². The Hall–Kier alpha value is -3.77. The molecule has 4 aromatic rings. The van der Waals surface area contributed by atoms with Crippen molar-refractivity contribution in [1.29, 1.82) is 0 Å². The molecule has 0 bridgehead atoms. The number of aliphatic hydroxyl groups is 1. The maximum Gasteiger partial charge on any atom is 0.297 e. The van der Waals surface area contributed by atoms with Crippen LogP contribution in [0.15, 0.2) is 95.2 Å². The van der Waals surface area contributed by atoms with E-state index in [1.807, 2.05) is 54.6 Å². The summed E-state index contributed by atoms with van der Waals surface area (Å²) in [5, 5.41) is 29.3. The van der Waals surface area contributed by atoms with Gasteiger partial charge in [-0.3, -0.25) is 4.79 Å². The number of nitrogens with zero attached hydrogens (tertiary/aromatic N) is 3. The Morgan fingerprint density at radius 1 is 0.897 bits per heavy atom. The number of carbonyl (C=O) groups excluding carboxylic acids is 1. The second-order valence-corrected chi connectivity index (χ2v) is 6.61. The van der Waals surface area contributed by atoms with E-state index in [4.69, 9.17) is 0 Å². The third-order valence-corrected chi connectivity index (χ3v) is 4.70. The summed E-state index contributed by atoms with van der Waals surface area (Å²) in [6.07, 6.45) is -1.40. The number of amides is 1. The van der Waals surface area contributed by atoms with Gasteiger partial charge in [0.2, 0.25) is 5.88 Å². The van der Waals surface area contributed by atoms with Crippen LogP contribution in [0, 0.1) is 0 Å². The number of para-hydroxylation sites is 1. The summed E-state index contributed by atoms with van der Waals surface area (Å²) >= 11 is 0. The molecule has 0 spiro atoms. The zero-order valence-corrected chi connectivity index (χ0v) is 15.5. The fraction of sp³-hybridized carbons (Fsp3) is 0.0870. The Labute approximate surface area is 167 Å². The first kappa shape index (κ1) is 18.6. The molecule has 0 aliphatic carbocycles. The largest absolute Gasteiger partial charge is 0.493 e. The van der Waals surface area contributed by atoms with Crippen molar-refractivity contribution in [2.24, 2.45) is 10.2 Å². The van der Waals surface area contributed by atoms with Crippen molar-refractivity contribution in [2.45, 2.75) is 12.6 Å². The van der Waals surface area contributed by atoms with E-state index < -0.39 is 12.0 Å². The zero-order valence-electron chi connectivity index (χ0n) is 15.5. The standard InChI is InChI=1S/C23H19N3O3/c27-21(17-11-5-2-6-12-17)22(28)25-24-20-18-13-7-8-14-19(18)26(23(20)29)15-16-9-3-1-4-10-16/h1-14,21,27,29H,15H2/t21-/m1/s1. The van der Waals surface area contributed by atoms with Crippen molar-refractivity contribution in [3.05, 3.63) is 96.1 Å². The van der Waals surface area contributed by atoms with E-state index in [2.05, 4.69) is 10.2 Å². The molecule has 6 heteroatoms. The molecule has 0 fully saturated rings. The summed E-state index contributed by atoms with van der Waals surface area (Å²) in [4.78, 5) is 12.3. The van der Waals surface area contributed by atoms with Crippen molar-refractivity contribution in [3.8, 4) is 5.88 Å². The average molecular weight is 385 g/mol. The number of aromatic hydroxyl groups is 1. The van der Waals surface area contributed by atoms with Gasteiger partial charge in [-0.15, -0.1) is 10.2 Å². The van der Waals surface area contributed by atoms with Gasteiger partial charge in [-0.05, 0) is 17.2 Å². The zero-order chi connectivity index (χ0) is 20.2. The van der Waals surface area contributed by atoms with Crippen molar-refractivity contribution >= 4 is 22.5 Å². The highest BCUT2D eigenvalue weighted by atomic mass is 16.3. The Morgan fingerprint density at radius 2 is 1.52 bits per heavy atom. The van der Waals surface area contributed by atoms with Crippen LogP contribution in [-0.2, 0) is 11.3 Å². The molecule has 0 aliphatic heterocycles. The fourth-order valence-electron chi connectivity index (χ4n) is 3.23. The first-order chi connectivity index (χ1) is 14.1. The average Bonchev–Trinajstić information content (AvgIpc) is 3.04. The number of hydrogen-bond donors (Lipinski definition) is 2. The number of rotatable bonds is 5. The molecule has 4 rings (SSSR count). The quantitative estimate of drug-likeness (QED) is 0.487. The van der Waals surface area contributed by atoms with E-state index in [9.17, 15) is 15.0 Å². The predicted octanol–water partition coefficient (Wildman–Crippen LogP) is 4.74. The van der Waals surface area contributed by atoms with Crippen molar-refractivity contribution < 1.29 is 15.0 Å². The van der Waals surface area contributed by atoms with E-state index in [-0.39, 0.29) is 11.6 Å². The van der Waals surface area contributed by atoms with E-state index in [0.717, 1.165) is 11.1 Å². The third-order valence-electron chi connectivity index (χ3n) is 4.70. The molecule has 2 N–H and O–H groups in total. The number of carbonyl (C=O) groups is 1. The van der Waals surface area contributed by atoms with Gasteiger partial charge in [-0.25, -0.2) is 0 Å². The van der Waals surface area contributed by atoms with Gasteiger partial charge in [0.05, 0.1) is 12.1 Å². The van der Waals surface area contributed by atoms with Crippen LogP contribution in [0.4, 0.5) is 5.69 Å². The first-order valence-electron chi connectivity index (χ1n) is 9.18. The highest BCUT2D eigenvalue weighted by Gasteiger charge is 2.19. The highest BCUT2D eigenvalue weighted by molar-refractivity contribution is 5.95. The minimum absolute atomic E-state index is 0.0826. The summed E-state index contributed by atoms with van der Waals surface area (Å²) in [5.41, 5.74) is 2.43. The van der Waals surface area contributed by atoms with Crippen LogP contribution < -0.4 is 0 Å². The lowest BCUT2D eigenvalue weighted by Crippen LogP contribution is -2.08. The molecule has 29 heavy (non-hydrogen) atoms. The Morgan fingerprint density at radius 3 is 2.24 bits per heavy atom. The molecule has 0 saturated heterocycles. The van der Waals surface area contributed by atoms with Gasteiger partial charge in [0.1, 0.15) is 0 Å². The van der Waals surface area contributed by atoms with Gasteiger partial charge in [0.15, 0.2) is 11.8 Å². The molecule has 144 valence electrons. The van der Waals surface area contributed by atoms with Gasteiger partial charge in [0, 0.05) is 5.39 Å². The second-order valence-electron chi connectivity index (χ2n) is 6.61. The first-order valence-corrected chi connectivity index (χ1v) is 9.18. The summed E-state index contributed by atoms with van der Waals surface area (Å²) in [6, 6.07) is 25.6. The highest BCUT2D eigenvalue weighted by Crippen LogP contribution is 2.39. The van der Waals surface area contributed by atoms with Crippen molar-refractivity contribution in [1.82, 2.24) is 4.57 Å². The number of aromatic nitrogens is 1. The number of aliphatic hydroxyl groups excluding tert-OH is 1. The van der Waals surface area contributed by atoms with Crippen LogP contribution in [0.2, 0.25) is 0 Å². The molecule has 3 aromatic carbocycles. The molecule has 1 heterocycles. The third kappa shape index (κ3) is 3.79. The monoisotopic (exact) mass is 385 g/mol. The minimum Gasteiger partial charge on any atom is -0.493 e. The SMILES string of the molecule is O=C(N=Nc1c(O)n(Cc2ccccc2)c2ccccc12)[C@H](O)c1ccccc1. The summed E-state index contributed by atoms with van der Waals surface area (Å²) in [7, 11) is 0. The molecule has 6 nitrogen and oxygen atoms in total.